The second-order valence-electron chi connectivity index (χ2n) is 6.66. The molecule has 26 heavy (non-hydrogen) atoms. The molecule has 0 spiro atoms. The molecule has 1 saturated heterocycles. The summed E-state index contributed by atoms with van der Waals surface area (Å²) in [5, 5.41) is 3.03. The van der Waals surface area contributed by atoms with Gasteiger partial charge in [0.2, 0.25) is 11.8 Å². The van der Waals surface area contributed by atoms with E-state index >= 15 is 0 Å². The minimum absolute atomic E-state index is 0.0203. The number of nitrogens with one attached hydrogen (secondary N) is 1. The molecule has 1 aromatic rings. The molecule has 1 heterocycles. The Morgan fingerprint density at radius 3 is 2.77 bits per heavy atom. The molecule has 2 atom stereocenters. The van der Waals surface area contributed by atoms with Gasteiger partial charge in [-0.15, -0.1) is 0 Å². The van der Waals surface area contributed by atoms with Gasteiger partial charge in [0.05, 0.1) is 31.6 Å². The fourth-order valence-electron chi connectivity index (χ4n) is 3.13. The van der Waals surface area contributed by atoms with E-state index in [1.165, 1.54) is 0 Å². The summed E-state index contributed by atoms with van der Waals surface area (Å²) in [6, 6.07) is 9.49. The molecule has 0 bridgehead atoms. The van der Waals surface area contributed by atoms with E-state index in [2.05, 4.69) is 5.32 Å². The molecule has 0 aliphatic carbocycles. The molecule has 2 rings (SSSR count). The number of methoxy groups -OCH3 is 1. The Hall–Kier alpha value is -2.08. The number of hydrogen-bond acceptors (Lipinski definition) is 4. The largest absolute Gasteiger partial charge is 0.493 e. The van der Waals surface area contributed by atoms with E-state index in [1.807, 2.05) is 37.3 Å². The molecule has 6 nitrogen and oxygen atoms in total. The zero-order valence-corrected chi connectivity index (χ0v) is 15.8. The summed E-state index contributed by atoms with van der Waals surface area (Å²) in [5.74, 6) is 0.683. The fraction of sp³-hybridized carbons (Fsp3) is 0.600. The lowest BCUT2D eigenvalue weighted by Crippen LogP contribution is -2.48. The number of hydrogen-bond donors (Lipinski definition) is 1. The number of benzene rings is 1. The van der Waals surface area contributed by atoms with Gasteiger partial charge in [-0.3, -0.25) is 9.59 Å². The molecule has 2 unspecified atom stereocenters. The second-order valence-corrected chi connectivity index (χ2v) is 6.66. The number of amides is 2. The summed E-state index contributed by atoms with van der Waals surface area (Å²) in [7, 11) is 1.63. The Bertz CT molecular complexity index is 564. The predicted molar refractivity (Wildman–Crippen MR) is 100.0 cm³/mol. The molecule has 2 amide bonds. The van der Waals surface area contributed by atoms with E-state index in [9.17, 15) is 9.59 Å². The first-order valence-corrected chi connectivity index (χ1v) is 9.39. The molecule has 1 N–H and O–H groups in total. The lowest BCUT2D eigenvalue weighted by molar-refractivity contribution is -0.136. The Balaban J connectivity index is 1.77. The molecule has 0 aromatic heterocycles. The maximum atomic E-state index is 12.5. The molecule has 1 aromatic carbocycles. The van der Waals surface area contributed by atoms with Crippen LogP contribution in [-0.4, -0.2) is 56.2 Å². The van der Waals surface area contributed by atoms with Gasteiger partial charge in [-0.05, 0) is 31.4 Å². The lowest BCUT2D eigenvalue weighted by Gasteiger charge is -2.33. The summed E-state index contributed by atoms with van der Waals surface area (Å²) in [6.07, 6.45) is 2.82. The van der Waals surface area contributed by atoms with Gasteiger partial charge in [-0.1, -0.05) is 25.1 Å². The van der Waals surface area contributed by atoms with E-state index in [-0.39, 0.29) is 23.8 Å². The van der Waals surface area contributed by atoms with Crippen molar-refractivity contribution in [1.29, 1.82) is 0 Å². The average molecular weight is 362 g/mol. The van der Waals surface area contributed by atoms with Gasteiger partial charge in [0.25, 0.3) is 0 Å². The van der Waals surface area contributed by atoms with Gasteiger partial charge < -0.3 is 19.7 Å². The maximum Gasteiger partial charge on any atom is 0.226 e. The van der Waals surface area contributed by atoms with Crippen molar-refractivity contribution in [3.05, 3.63) is 30.3 Å². The summed E-state index contributed by atoms with van der Waals surface area (Å²) in [4.78, 5) is 26.7. The van der Waals surface area contributed by atoms with Gasteiger partial charge in [0, 0.05) is 20.2 Å². The van der Waals surface area contributed by atoms with Crippen molar-refractivity contribution in [2.75, 3.05) is 33.4 Å². The summed E-state index contributed by atoms with van der Waals surface area (Å²) in [5.41, 5.74) is 0. The number of carbonyl (C=O) groups is 2. The molecule has 1 fully saturated rings. The third-order valence-electron chi connectivity index (χ3n) is 4.68. The van der Waals surface area contributed by atoms with Crippen LogP contribution in [0.25, 0.3) is 0 Å². The number of carbonyl (C=O) groups excluding carboxylic acids is 2. The number of para-hydroxylation sites is 1. The van der Waals surface area contributed by atoms with Crippen LogP contribution in [0.1, 0.15) is 32.6 Å². The second kappa shape index (κ2) is 10.8. The summed E-state index contributed by atoms with van der Waals surface area (Å²) >= 11 is 0. The topological polar surface area (TPSA) is 67.9 Å². The van der Waals surface area contributed by atoms with Crippen LogP contribution in [0.5, 0.6) is 5.75 Å². The number of nitrogens with zero attached hydrogens (tertiary/aromatic N) is 1. The van der Waals surface area contributed by atoms with Crippen molar-refractivity contribution in [3.8, 4) is 5.75 Å². The number of likely N-dealkylation sites (tertiary alicyclic amines) is 1. The van der Waals surface area contributed by atoms with Crippen molar-refractivity contribution in [1.82, 2.24) is 10.2 Å². The van der Waals surface area contributed by atoms with Crippen LogP contribution in [0.4, 0.5) is 0 Å². The van der Waals surface area contributed by atoms with Crippen LogP contribution < -0.4 is 10.1 Å². The van der Waals surface area contributed by atoms with E-state index in [4.69, 9.17) is 9.47 Å². The van der Waals surface area contributed by atoms with Crippen molar-refractivity contribution in [3.63, 3.8) is 0 Å². The van der Waals surface area contributed by atoms with Gasteiger partial charge >= 0.3 is 0 Å². The minimum Gasteiger partial charge on any atom is -0.493 e. The number of ether oxygens (including phenoxy) is 2. The van der Waals surface area contributed by atoms with Crippen molar-refractivity contribution in [2.24, 2.45) is 5.92 Å². The Morgan fingerprint density at radius 1 is 1.31 bits per heavy atom. The molecule has 0 radical (unpaired) electrons. The number of rotatable bonds is 9. The molecule has 1 aliphatic heterocycles. The summed E-state index contributed by atoms with van der Waals surface area (Å²) in [6.45, 7) is 4.08. The number of piperidine rings is 1. The van der Waals surface area contributed by atoms with Crippen LogP contribution >= 0.6 is 0 Å². The average Bonchev–Trinajstić information content (AvgIpc) is 2.68. The Labute approximate surface area is 155 Å². The normalized spacial score (nSPS) is 18.2. The third kappa shape index (κ3) is 6.33. The van der Waals surface area contributed by atoms with Crippen LogP contribution in [0.15, 0.2) is 30.3 Å². The monoisotopic (exact) mass is 362 g/mol. The highest BCUT2D eigenvalue weighted by Gasteiger charge is 2.29. The maximum absolute atomic E-state index is 12.5. The fourth-order valence-corrected chi connectivity index (χ4v) is 3.13. The van der Waals surface area contributed by atoms with Crippen LogP contribution in [0.3, 0.4) is 0 Å². The molecule has 0 saturated carbocycles. The summed E-state index contributed by atoms with van der Waals surface area (Å²) < 4.78 is 10.7. The first-order chi connectivity index (χ1) is 12.6. The van der Waals surface area contributed by atoms with E-state index < -0.39 is 0 Å². The van der Waals surface area contributed by atoms with Crippen LogP contribution in [-0.2, 0) is 14.3 Å². The third-order valence-corrected chi connectivity index (χ3v) is 4.68. The first-order valence-electron chi connectivity index (χ1n) is 9.39. The van der Waals surface area contributed by atoms with Crippen LogP contribution in [0.2, 0.25) is 0 Å². The van der Waals surface area contributed by atoms with E-state index in [0.717, 1.165) is 25.0 Å². The highest BCUT2D eigenvalue weighted by atomic mass is 16.5. The van der Waals surface area contributed by atoms with Gasteiger partial charge in [-0.25, -0.2) is 0 Å². The zero-order valence-electron chi connectivity index (χ0n) is 15.8. The van der Waals surface area contributed by atoms with Gasteiger partial charge in [0.1, 0.15) is 5.75 Å². The van der Waals surface area contributed by atoms with Crippen molar-refractivity contribution >= 4 is 11.8 Å². The van der Waals surface area contributed by atoms with E-state index in [0.29, 0.717) is 32.7 Å². The Morgan fingerprint density at radius 2 is 2.08 bits per heavy atom. The molecular weight excluding hydrogens is 332 g/mol. The van der Waals surface area contributed by atoms with Gasteiger partial charge in [-0.2, -0.15) is 0 Å². The highest BCUT2D eigenvalue weighted by molar-refractivity contribution is 5.81. The highest BCUT2D eigenvalue weighted by Crippen LogP contribution is 2.18. The molecule has 144 valence electrons. The standard InChI is InChI=1S/C20H30N2O4/c1-3-17(15-25-2)21-20(24)16-8-7-12-22(14-16)19(23)11-13-26-18-9-5-4-6-10-18/h4-6,9-10,16-17H,3,7-8,11-15H2,1-2H3,(H,21,24). The lowest BCUT2D eigenvalue weighted by atomic mass is 9.96. The quantitative estimate of drug-likeness (QED) is 0.731. The Kier molecular flexibility index (Phi) is 8.41. The molecular formula is C20H30N2O4. The van der Waals surface area contributed by atoms with Crippen molar-refractivity contribution in [2.45, 2.75) is 38.6 Å². The van der Waals surface area contributed by atoms with Gasteiger partial charge in [0.15, 0.2) is 0 Å². The predicted octanol–water partition coefficient (Wildman–Crippen LogP) is 2.24. The smallest absolute Gasteiger partial charge is 0.226 e. The zero-order chi connectivity index (χ0) is 18.8. The molecule has 1 aliphatic rings. The minimum atomic E-state index is -0.145. The van der Waals surface area contributed by atoms with Crippen LogP contribution in [0, 0.1) is 5.92 Å². The van der Waals surface area contributed by atoms with Crippen molar-refractivity contribution < 1.29 is 19.1 Å². The van der Waals surface area contributed by atoms with E-state index in [1.54, 1.807) is 12.0 Å². The first kappa shape index (κ1) is 20.2. The molecule has 6 heteroatoms. The SMILES string of the molecule is CCC(COC)NC(=O)C1CCCN(C(=O)CCOc2ccccc2)C1.